The summed E-state index contributed by atoms with van der Waals surface area (Å²) in [5.41, 5.74) is 4.76. The first kappa shape index (κ1) is 38.2. The van der Waals surface area contributed by atoms with Crippen molar-refractivity contribution in [3.8, 4) is 16.9 Å². The minimum Gasteiger partial charge on any atom is -0.506 e. The van der Waals surface area contributed by atoms with Crippen LogP contribution in [0, 0.1) is 11.7 Å². The van der Waals surface area contributed by atoms with Crippen LogP contribution in [0.15, 0.2) is 102 Å². The zero-order valence-electron chi connectivity index (χ0n) is 31.1. The van der Waals surface area contributed by atoms with Crippen molar-refractivity contribution in [2.75, 3.05) is 44.6 Å². The summed E-state index contributed by atoms with van der Waals surface area (Å²) < 4.78 is 21.6. The summed E-state index contributed by atoms with van der Waals surface area (Å²) in [6.07, 6.45) is 3.02. The fourth-order valence-electron chi connectivity index (χ4n) is 7.93. The highest BCUT2D eigenvalue weighted by Gasteiger charge is 2.25. The molecule has 0 bridgehead atoms. The van der Waals surface area contributed by atoms with E-state index in [-0.39, 0.29) is 23.2 Å². The zero-order valence-corrected chi connectivity index (χ0v) is 31.1. The Morgan fingerprint density at radius 2 is 1.51 bits per heavy atom. The van der Waals surface area contributed by atoms with E-state index in [4.69, 9.17) is 4.74 Å². The summed E-state index contributed by atoms with van der Waals surface area (Å²) >= 11 is 0. The second kappa shape index (κ2) is 18.0. The maximum atomic E-state index is 15.8. The molecule has 0 aliphatic carbocycles. The predicted octanol–water partition coefficient (Wildman–Crippen LogP) is 7.18. The number of fused-ring (bicyclic) bond motifs is 1. The molecule has 4 aromatic carbocycles. The van der Waals surface area contributed by atoms with Gasteiger partial charge in [0.15, 0.2) is 0 Å². The van der Waals surface area contributed by atoms with Crippen molar-refractivity contribution in [1.29, 1.82) is 0 Å². The highest BCUT2D eigenvalue weighted by atomic mass is 19.1. The normalized spacial score (nSPS) is 16.6. The lowest BCUT2D eigenvalue weighted by Gasteiger charge is -2.33. The van der Waals surface area contributed by atoms with Crippen molar-refractivity contribution in [2.24, 2.45) is 5.92 Å². The summed E-state index contributed by atoms with van der Waals surface area (Å²) in [5.74, 6) is 0.401. The van der Waals surface area contributed by atoms with Gasteiger partial charge in [-0.3, -0.25) is 19.9 Å². The fraction of sp³-hybridized carbons (Fsp3) is 0.364. The lowest BCUT2D eigenvalue weighted by atomic mass is 9.93. The summed E-state index contributed by atoms with van der Waals surface area (Å²) in [6, 6.07) is 29.5. The molecule has 1 unspecified atom stereocenters. The average molecular weight is 748 g/mol. The van der Waals surface area contributed by atoms with Gasteiger partial charge in [0, 0.05) is 60.9 Å². The van der Waals surface area contributed by atoms with Gasteiger partial charge in [-0.2, -0.15) is 0 Å². The molecule has 1 atom stereocenters. The number of aromatic nitrogens is 1. The van der Waals surface area contributed by atoms with Crippen LogP contribution in [0.2, 0.25) is 0 Å². The third kappa shape index (κ3) is 9.79. The second-order valence-corrected chi connectivity index (χ2v) is 14.8. The average Bonchev–Trinajstić information content (AvgIpc) is 3.20. The van der Waals surface area contributed by atoms with E-state index in [1.54, 1.807) is 12.1 Å². The molecular formula is C44H50FN5O5. The molecule has 1 aromatic heterocycles. The lowest BCUT2D eigenvalue weighted by molar-refractivity contribution is 0.0564. The lowest BCUT2D eigenvalue weighted by Crippen LogP contribution is -2.38. The number of rotatable bonds is 13. The standard InChI is InChI=1S/C44H50FN5O5/c45-42-32(28-49-23-18-30(19-24-49)17-22-46-27-40(52)36-13-15-39(51)43-37(36)14-16-41(53)48-43)9-6-10-33(42)29-50-25-20-34(21-26-50)55-44(54)47-38-12-5-4-11-35(38)31-7-2-1-3-8-31/h1-16,30,34,40,46,51-52H,17-29H2,(H,47,54)(H,48,53). The number of pyridine rings is 1. The molecule has 2 saturated heterocycles. The second-order valence-electron chi connectivity index (χ2n) is 14.8. The van der Waals surface area contributed by atoms with Crippen LogP contribution in [0.4, 0.5) is 14.9 Å². The smallest absolute Gasteiger partial charge is 0.411 e. The number of ether oxygens (including phenoxy) is 1. The maximum Gasteiger partial charge on any atom is 0.411 e. The first-order valence-electron chi connectivity index (χ1n) is 19.4. The van der Waals surface area contributed by atoms with E-state index in [9.17, 15) is 19.8 Å². The molecule has 1 amide bonds. The van der Waals surface area contributed by atoms with Crippen LogP contribution in [0.3, 0.4) is 0 Å². The Balaban J connectivity index is 0.815. The van der Waals surface area contributed by atoms with Crippen LogP contribution in [-0.2, 0) is 17.8 Å². The molecule has 0 spiro atoms. The number of hydrogen-bond donors (Lipinski definition) is 5. The number of halogens is 1. The van der Waals surface area contributed by atoms with Gasteiger partial charge in [0.25, 0.3) is 0 Å². The van der Waals surface area contributed by atoms with Crippen molar-refractivity contribution < 1.29 is 24.1 Å². The number of para-hydroxylation sites is 1. The number of anilines is 1. The maximum absolute atomic E-state index is 15.8. The molecule has 0 radical (unpaired) electrons. The Hall–Kier alpha value is -5.07. The molecule has 10 nitrogen and oxygen atoms in total. The fourth-order valence-corrected chi connectivity index (χ4v) is 7.93. The predicted molar refractivity (Wildman–Crippen MR) is 213 cm³/mol. The highest BCUT2D eigenvalue weighted by Crippen LogP contribution is 2.30. The van der Waals surface area contributed by atoms with E-state index < -0.39 is 12.2 Å². The van der Waals surface area contributed by atoms with Gasteiger partial charge in [0.2, 0.25) is 5.56 Å². The summed E-state index contributed by atoms with van der Waals surface area (Å²) in [4.78, 5) is 31.8. The number of piperidine rings is 2. The molecule has 2 fully saturated rings. The Bertz CT molecular complexity index is 2110. The van der Waals surface area contributed by atoms with E-state index in [1.807, 2.05) is 72.8 Å². The molecule has 2 aliphatic rings. The number of H-pyrrole nitrogens is 1. The van der Waals surface area contributed by atoms with Gasteiger partial charge < -0.3 is 25.3 Å². The number of carbonyl (C=O) groups excluding carboxylic acids is 1. The van der Waals surface area contributed by atoms with Crippen LogP contribution in [0.25, 0.3) is 22.0 Å². The van der Waals surface area contributed by atoms with E-state index in [1.165, 1.54) is 12.1 Å². The zero-order chi connectivity index (χ0) is 38.1. The number of aromatic hydroxyl groups is 1. The van der Waals surface area contributed by atoms with Crippen molar-refractivity contribution in [2.45, 2.75) is 57.4 Å². The molecule has 5 aromatic rings. The third-order valence-electron chi connectivity index (χ3n) is 11.0. The van der Waals surface area contributed by atoms with Gasteiger partial charge in [0.05, 0.1) is 17.3 Å². The molecule has 3 heterocycles. The first-order chi connectivity index (χ1) is 26.8. The number of phenols is 1. The third-order valence-corrected chi connectivity index (χ3v) is 11.0. The SMILES string of the molecule is O=C(Nc1ccccc1-c1ccccc1)OC1CCN(Cc2cccc(CN3CCC(CCNCC(O)c4ccc(O)c5[nH]c(=O)ccc45)CC3)c2F)CC1. The first-order valence-corrected chi connectivity index (χ1v) is 19.4. The molecular weight excluding hydrogens is 698 g/mol. The monoisotopic (exact) mass is 747 g/mol. The van der Waals surface area contributed by atoms with Crippen molar-refractivity contribution >= 4 is 22.7 Å². The van der Waals surface area contributed by atoms with Gasteiger partial charge in [-0.05, 0) is 87.0 Å². The summed E-state index contributed by atoms with van der Waals surface area (Å²) in [6.45, 7) is 5.50. The molecule has 7 rings (SSSR count). The van der Waals surface area contributed by atoms with Crippen molar-refractivity contribution in [1.82, 2.24) is 20.1 Å². The van der Waals surface area contributed by atoms with Crippen molar-refractivity contribution in [3.05, 3.63) is 130 Å². The van der Waals surface area contributed by atoms with E-state index in [0.29, 0.717) is 66.1 Å². The van der Waals surface area contributed by atoms with Gasteiger partial charge in [-0.1, -0.05) is 72.8 Å². The van der Waals surface area contributed by atoms with Crippen LogP contribution in [0.1, 0.15) is 54.9 Å². The number of aliphatic hydroxyl groups is 1. The van der Waals surface area contributed by atoms with Crippen LogP contribution in [0.5, 0.6) is 5.75 Å². The number of phenolic OH excluding ortho intramolecular Hbond substituents is 1. The number of benzene rings is 4. The molecule has 2 aliphatic heterocycles. The minimum atomic E-state index is -0.782. The largest absolute Gasteiger partial charge is 0.506 e. The van der Waals surface area contributed by atoms with Crippen LogP contribution in [-0.4, -0.2) is 76.5 Å². The topological polar surface area (TPSA) is 130 Å². The Morgan fingerprint density at radius 3 is 2.24 bits per heavy atom. The number of aromatic amines is 1. The number of aliphatic hydroxyl groups excluding tert-OH is 1. The summed E-state index contributed by atoms with van der Waals surface area (Å²) in [5, 5.41) is 27.9. The quantitative estimate of drug-likeness (QED) is 0.0802. The Kier molecular flexibility index (Phi) is 12.5. The van der Waals surface area contributed by atoms with Gasteiger partial charge in [0.1, 0.15) is 17.7 Å². The molecule has 11 heteroatoms. The minimum absolute atomic E-state index is 0.0250. The van der Waals surface area contributed by atoms with Gasteiger partial charge in [-0.15, -0.1) is 0 Å². The molecule has 0 saturated carbocycles. The number of hydrogen-bond acceptors (Lipinski definition) is 8. The van der Waals surface area contributed by atoms with E-state index >= 15 is 4.39 Å². The van der Waals surface area contributed by atoms with Gasteiger partial charge >= 0.3 is 6.09 Å². The summed E-state index contributed by atoms with van der Waals surface area (Å²) in [7, 11) is 0. The number of nitrogens with one attached hydrogen (secondary N) is 3. The van der Waals surface area contributed by atoms with Crippen molar-refractivity contribution in [3.63, 3.8) is 0 Å². The Labute approximate surface area is 321 Å². The molecule has 5 N–H and O–H groups in total. The number of amides is 1. The number of nitrogens with zero attached hydrogens (tertiary/aromatic N) is 2. The van der Waals surface area contributed by atoms with Crippen LogP contribution >= 0.6 is 0 Å². The Morgan fingerprint density at radius 1 is 0.836 bits per heavy atom. The van der Waals surface area contributed by atoms with E-state index in [0.717, 1.165) is 68.7 Å². The highest BCUT2D eigenvalue weighted by molar-refractivity contribution is 5.91. The number of likely N-dealkylation sites (tertiary alicyclic amines) is 2. The van der Waals surface area contributed by atoms with Crippen LogP contribution < -0.4 is 16.2 Å². The van der Waals surface area contributed by atoms with Gasteiger partial charge in [-0.25, -0.2) is 9.18 Å². The number of carbonyl (C=O) groups is 1. The molecule has 55 heavy (non-hydrogen) atoms. The van der Waals surface area contributed by atoms with E-state index in [2.05, 4.69) is 25.4 Å². The molecule has 288 valence electrons.